The lowest BCUT2D eigenvalue weighted by Gasteiger charge is -2.21. The standard InChI is InChI=1S/C19H30F3N7.HI/c1-23-17(27-15-7-11-29(13-15)12-14-4-2-3-5-14)25-9-10-26-18-24-8-6-16(28-18)19(20,21)22;/h6,8,14-15H,2-5,7,9-13H2,1H3,(H2,23,25,27)(H,24,26,28);1H. The van der Waals surface area contributed by atoms with Gasteiger partial charge in [-0.1, -0.05) is 12.8 Å². The van der Waals surface area contributed by atoms with Gasteiger partial charge in [-0.15, -0.1) is 24.0 Å². The zero-order chi connectivity index (χ0) is 20.7. The van der Waals surface area contributed by atoms with E-state index in [1.54, 1.807) is 7.05 Å². The summed E-state index contributed by atoms with van der Waals surface area (Å²) in [7, 11) is 1.71. The van der Waals surface area contributed by atoms with Crippen molar-refractivity contribution in [2.75, 3.05) is 45.1 Å². The Morgan fingerprint density at radius 1 is 1.23 bits per heavy atom. The molecule has 0 aromatic carbocycles. The minimum atomic E-state index is -4.48. The Bertz CT molecular complexity index is 680. The largest absolute Gasteiger partial charge is 0.433 e. The highest BCUT2D eigenvalue weighted by Gasteiger charge is 2.32. The number of nitrogens with zero attached hydrogens (tertiary/aromatic N) is 4. The second-order valence-electron chi connectivity index (χ2n) is 7.73. The average molecular weight is 541 g/mol. The van der Waals surface area contributed by atoms with E-state index in [2.05, 4.69) is 35.8 Å². The minimum absolute atomic E-state index is 0. The van der Waals surface area contributed by atoms with Crippen LogP contribution < -0.4 is 16.0 Å². The zero-order valence-electron chi connectivity index (χ0n) is 17.2. The van der Waals surface area contributed by atoms with E-state index in [0.29, 0.717) is 25.1 Å². The van der Waals surface area contributed by atoms with Crippen molar-refractivity contribution in [3.05, 3.63) is 18.0 Å². The van der Waals surface area contributed by atoms with Gasteiger partial charge >= 0.3 is 6.18 Å². The van der Waals surface area contributed by atoms with Crippen LogP contribution in [0.15, 0.2) is 17.3 Å². The number of hydrogen-bond donors (Lipinski definition) is 3. The SMILES string of the molecule is CN=C(NCCNc1nccc(C(F)(F)F)n1)NC1CCN(CC2CCCC2)C1.I. The molecule has 170 valence electrons. The van der Waals surface area contributed by atoms with Gasteiger partial charge < -0.3 is 20.9 Å². The van der Waals surface area contributed by atoms with Gasteiger partial charge in [0.2, 0.25) is 5.95 Å². The maximum Gasteiger partial charge on any atom is 0.433 e. The van der Waals surface area contributed by atoms with Gasteiger partial charge in [-0.3, -0.25) is 4.99 Å². The Morgan fingerprint density at radius 2 is 2.00 bits per heavy atom. The van der Waals surface area contributed by atoms with Gasteiger partial charge in [0.1, 0.15) is 5.69 Å². The summed E-state index contributed by atoms with van der Waals surface area (Å²) in [5, 5.41) is 9.42. The molecule has 2 aliphatic rings. The van der Waals surface area contributed by atoms with Crippen LogP contribution in [-0.2, 0) is 6.18 Å². The molecule has 2 fully saturated rings. The van der Waals surface area contributed by atoms with Crippen LogP contribution in [0.2, 0.25) is 0 Å². The third-order valence-electron chi connectivity index (χ3n) is 5.47. The molecule has 0 radical (unpaired) electrons. The van der Waals surface area contributed by atoms with Crippen LogP contribution in [0.1, 0.15) is 37.8 Å². The first kappa shape index (κ1) is 24.9. The van der Waals surface area contributed by atoms with Gasteiger partial charge in [-0.05, 0) is 31.2 Å². The van der Waals surface area contributed by atoms with E-state index in [1.165, 1.54) is 32.2 Å². The summed E-state index contributed by atoms with van der Waals surface area (Å²) in [5.74, 6) is 1.52. The molecule has 0 spiro atoms. The fourth-order valence-corrected chi connectivity index (χ4v) is 4.02. The summed E-state index contributed by atoms with van der Waals surface area (Å²) in [5.41, 5.74) is -0.955. The molecular weight excluding hydrogens is 510 g/mol. The monoisotopic (exact) mass is 541 g/mol. The van der Waals surface area contributed by atoms with Crippen molar-refractivity contribution >= 4 is 35.9 Å². The van der Waals surface area contributed by atoms with Crippen molar-refractivity contribution in [2.45, 2.75) is 44.3 Å². The highest BCUT2D eigenvalue weighted by Crippen LogP contribution is 2.28. The van der Waals surface area contributed by atoms with Crippen LogP contribution in [0, 0.1) is 5.92 Å². The fourth-order valence-electron chi connectivity index (χ4n) is 4.02. The normalized spacial score (nSPS) is 20.8. The van der Waals surface area contributed by atoms with Crippen molar-refractivity contribution in [1.29, 1.82) is 0 Å². The van der Waals surface area contributed by atoms with E-state index >= 15 is 0 Å². The van der Waals surface area contributed by atoms with Gasteiger partial charge in [0, 0.05) is 52.0 Å². The van der Waals surface area contributed by atoms with Gasteiger partial charge in [0.05, 0.1) is 0 Å². The average Bonchev–Trinajstić information content (AvgIpc) is 3.36. The predicted octanol–water partition coefficient (Wildman–Crippen LogP) is 2.95. The van der Waals surface area contributed by atoms with Gasteiger partial charge in [0.15, 0.2) is 5.96 Å². The summed E-state index contributed by atoms with van der Waals surface area (Å²) in [6.45, 7) is 4.19. The van der Waals surface area contributed by atoms with Crippen molar-refractivity contribution in [2.24, 2.45) is 10.9 Å². The maximum atomic E-state index is 12.7. The molecule has 7 nitrogen and oxygen atoms in total. The second kappa shape index (κ2) is 11.9. The number of aromatic nitrogens is 2. The van der Waals surface area contributed by atoms with Gasteiger partial charge in [-0.25, -0.2) is 9.97 Å². The second-order valence-corrected chi connectivity index (χ2v) is 7.73. The lowest BCUT2D eigenvalue weighted by molar-refractivity contribution is -0.141. The summed E-state index contributed by atoms with van der Waals surface area (Å²) >= 11 is 0. The summed E-state index contributed by atoms with van der Waals surface area (Å²) in [4.78, 5) is 14.1. The number of anilines is 1. The molecule has 2 heterocycles. The molecule has 3 N–H and O–H groups in total. The molecule has 0 amide bonds. The van der Waals surface area contributed by atoms with Crippen LogP contribution in [0.25, 0.3) is 0 Å². The fraction of sp³-hybridized carbons (Fsp3) is 0.737. The third kappa shape index (κ3) is 7.71. The molecule has 1 aromatic heterocycles. The van der Waals surface area contributed by atoms with Crippen LogP contribution in [0.5, 0.6) is 0 Å². The first-order valence-electron chi connectivity index (χ1n) is 10.3. The molecule has 1 saturated heterocycles. The summed E-state index contributed by atoms with van der Waals surface area (Å²) < 4.78 is 38.1. The van der Waals surface area contributed by atoms with E-state index < -0.39 is 11.9 Å². The van der Waals surface area contributed by atoms with E-state index in [-0.39, 0.29) is 29.9 Å². The number of alkyl halides is 3. The lowest BCUT2D eigenvalue weighted by atomic mass is 10.1. The summed E-state index contributed by atoms with van der Waals surface area (Å²) in [6.07, 6.45) is 3.18. The van der Waals surface area contributed by atoms with Crippen molar-refractivity contribution in [3.63, 3.8) is 0 Å². The van der Waals surface area contributed by atoms with E-state index in [4.69, 9.17) is 0 Å². The Morgan fingerprint density at radius 3 is 2.70 bits per heavy atom. The number of halogens is 4. The van der Waals surface area contributed by atoms with Crippen molar-refractivity contribution in [1.82, 2.24) is 25.5 Å². The van der Waals surface area contributed by atoms with Crippen molar-refractivity contribution in [3.8, 4) is 0 Å². The lowest BCUT2D eigenvalue weighted by Crippen LogP contribution is -2.46. The molecule has 1 unspecified atom stereocenters. The first-order valence-corrected chi connectivity index (χ1v) is 10.3. The Balaban J connectivity index is 0.00000320. The van der Waals surface area contributed by atoms with E-state index in [1.807, 2.05) is 0 Å². The Kier molecular flexibility index (Phi) is 9.85. The predicted molar refractivity (Wildman–Crippen MR) is 122 cm³/mol. The number of hydrogen-bond acceptors (Lipinski definition) is 5. The van der Waals surface area contributed by atoms with Crippen LogP contribution in [0.3, 0.4) is 0 Å². The highest BCUT2D eigenvalue weighted by molar-refractivity contribution is 14.0. The van der Waals surface area contributed by atoms with Crippen LogP contribution in [-0.4, -0.2) is 66.6 Å². The third-order valence-corrected chi connectivity index (χ3v) is 5.47. The number of aliphatic imine (C=N–C) groups is 1. The zero-order valence-corrected chi connectivity index (χ0v) is 19.5. The number of likely N-dealkylation sites (tertiary alicyclic amines) is 1. The smallest absolute Gasteiger partial charge is 0.355 e. The van der Waals surface area contributed by atoms with Gasteiger partial charge in [0.25, 0.3) is 0 Å². The summed E-state index contributed by atoms with van der Waals surface area (Å²) in [6, 6.07) is 1.22. The molecule has 1 aliphatic carbocycles. The molecule has 0 bridgehead atoms. The van der Waals surface area contributed by atoms with Crippen molar-refractivity contribution < 1.29 is 13.2 Å². The maximum absolute atomic E-state index is 12.7. The van der Waals surface area contributed by atoms with Gasteiger partial charge in [-0.2, -0.15) is 13.2 Å². The highest BCUT2D eigenvalue weighted by atomic mass is 127. The molecule has 1 atom stereocenters. The molecule has 3 rings (SSSR count). The molecule has 30 heavy (non-hydrogen) atoms. The Labute approximate surface area is 192 Å². The molecule has 1 saturated carbocycles. The van der Waals surface area contributed by atoms with Crippen LogP contribution >= 0.6 is 24.0 Å². The Hall–Kier alpha value is -1.37. The number of guanidine groups is 1. The van der Waals surface area contributed by atoms with Crippen LogP contribution in [0.4, 0.5) is 19.1 Å². The molecule has 11 heteroatoms. The van der Waals surface area contributed by atoms with E-state index in [9.17, 15) is 13.2 Å². The molecular formula is C19H31F3IN7. The topological polar surface area (TPSA) is 77.5 Å². The number of nitrogens with one attached hydrogen (secondary N) is 3. The first-order chi connectivity index (χ1) is 13.9. The molecule has 1 aliphatic heterocycles. The quantitative estimate of drug-likeness (QED) is 0.213. The number of rotatable bonds is 7. The van der Waals surface area contributed by atoms with E-state index in [0.717, 1.165) is 37.7 Å². The minimum Gasteiger partial charge on any atom is -0.355 e. The molecule has 1 aromatic rings.